The number of amides is 2. The molecule has 6 heteroatoms. The Bertz CT molecular complexity index is 688. The second kappa shape index (κ2) is 8.69. The molecule has 0 fully saturated rings. The minimum Gasteiger partial charge on any atom is -0.483 e. The van der Waals surface area contributed by atoms with Crippen molar-refractivity contribution >= 4 is 11.8 Å². The van der Waals surface area contributed by atoms with E-state index in [2.05, 4.69) is 10.9 Å². The highest BCUT2D eigenvalue weighted by Crippen LogP contribution is 2.16. The van der Waals surface area contributed by atoms with Crippen LogP contribution in [0.2, 0.25) is 0 Å². The fourth-order valence-electron chi connectivity index (χ4n) is 2.12. The zero-order chi connectivity index (χ0) is 17.4. The predicted molar refractivity (Wildman–Crippen MR) is 89.2 cm³/mol. The molecule has 0 unspecified atom stereocenters. The Hall–Kier alpha value is -2.86. The summed E-state index contributed by atoms with van der Waals surface area (Å²) in [6, 6.07) is 16.4. The SMILES string of the molecule is CO[C@@H](C(=O)NNC(=O)COc1ccccc1C)c1ccccc1. The molecule has 6 nitrogen and oxygen atoms in total. The highest BCUT2D eigenvalue weighted by atomic mass is 16.5. The number of nitrogens with one attached hydrogen (secondary N) is 2. The quantitative estimate of drug-likeness (QED) is 0.794. The van der Waals surface area contributed by atoms with Crippen molar-refractivity contribution < 1.29 is 19.1 Å². The van der Waals surface area contributed by atoms with Gasteiger partial charge in [-0.25, -0.2) is 0 Å². The average molecular weight is 328 g/mol. The van der Waals surface area contributed by atoms with Crippen LogP contribution < -0.4 is 15.6 Å². The third-order valence-corrected chi connectivity index (χ3v) is 3.35. The van der Waals surface area contributed by atoms with E-state index in [-0.39, 0.29) is 6.61 Å². The molecule has 0 saturated carbocycles. The van der Waals surface area contributed by atoms with Crippen molar-refractivity contribution in [1.82, 2.24) is 10.9 Å². The van der Waals surface area contributed by atoms with Gasteiger partial charge in [0.05, 0.1) is 0 Å². The second-order valence-corrected chi connectivity index (χ2v) is 5.12. The number of hydrogen-bond donors (Lipinski definition) is 2. The van der Waals surface area contributed by atoms with E-state index in [0.29, 0.717) is 11.3 Å². The molecule has 0 aliphatic rings. The number of benzene rings is 2. The largest absolute Gasteiger partial charge is 0.483 e. The Labute approximate surface area is 140 Å². The van der Waals surface area contributed by atoms with Gasteiger partial charge >= 0.3 is 0 Å². The molecule has 0 bridgehead atoms. The van der Waals surface area contributed by atoms with Gasteiger partial charge in [-0.2, -0.15) is 0 Å². The Kier molecular flexibility index (Phi) is 6.33. The maximum atomic E-state index is 12.1. The average Bonchev–Trinajstić information content (AvgIpc) is 2.61. The first-order chi connectivity index (χ1) is 11.6. The summed E-state index contributed by atoms with van der Waals surface area (Å²) < 4.78 is 10.6. The van der Waals surface area contributed by atoms with Gasteiger partial charge in [-0.05, 0) is 24.1 Å². The van der Waals surface area contributed by atoms with E-state index in [9.17, 15) is 9.59 Å². The Morgan fingerprint density at radius 2 is 1.67 bits per heavy atom. The summed E-state index contributed by atoms with van der Waals surface area (Å²) in [6.07, 6.45) is -0.802. The summed E-state index contributed by atoms with van der Waals surface area (Å²) in [6.45, 7) is 1.69. The fraction of sp³-hybridized carbons (Fsp3) is 0.222. The molecule has 126 valence electrons. The van der Waals surface area contributed by atoms with Gasteiger partial charge in [0.1, 0.15) is 5.75 Å². The summed E-state index contributed by atoms with van der Waals surface area (Å²) >= 11 is 0. The van der Waals surface area contributed by atoms with Gasteiger partial charge < -0.3 is 9.47 Å². The molecule has 0 saturated heterocycles. The fourth-order valence-corrected chi connectivity index (χ4v) is 2.12. The van der Waals surface area contributed by atoms with Crippen molar-refractivity contribution in [2.45, 2.75) is 13.0 Å². The summed E-state index contributed by atoms with van der Waals surface area (Å²) in [5.41, 5.74) is 6.28. The van der Waals surface area contributed by atoms with Gasteiger partial charge in [0.2, 0.25) is 0 Å². The van der Waals surface area contributed by atoms with Crippen LogP contribution in [0.3, 0.4) is 0 Å². The van der Waals surface area contributed by atoms with Crippen LogP contribution in [-0.2, 0) is 14.3 Å². The third-order valence-electron chi connectivity index (χ3n) is 3.35. The van der Waals surface area contributed by atoms with Crippen LogP contribution in [-0.4, -0.2) is 25.5 Å². The van der Waals surface area contributed by atoms with Crippen LogP contribution in [0.15, 0.2) is 54.6 Å². The lowest BCUT2D eigenvalue weighted by molar-refractivity contribution is -0.136. The normalized spacial score (nSPS) is 11.4. The highest BCUT2D eigenvalue weighted by Gasteiger charge is 2.20. The maximum absolute atomic E-state index is 12.1. The van der Waals surface area contributed by atoms with Gasteiger partial charge in [0.25, 0.3) is 11.8 Å². The number of hydrazine groups is 1. The van der Waals surface area contributed by atoms with Crippen LogP contribution in [0, 0.1) is 6.92 Å². The minimum absolute atomic E-state index is 0.200. The Balaban J connectivity index is 1.82. The van der Waals surface area contributed by atoms with Crippen LogP contribution in [0.25, 0.3) is 0 Å². The lowest BCUT2D eigenvalue weighted by atomic mass is 10.1. The lowest BCUT2D eigenvalue weighted by Gasteiger charge is -2.16. The van der Waals surface area contributed by atoms with Crippen LogP contribution in [0.4, 0.5) is 0 Å². The second-order valence-electron chi connectivity index (χ2n) is 5.12. The molecular weight excluding hydrogens is 308 g/mol. The maximum Gasteiger partial charge on any atom is 0.276 e. The van der Waals surface area contributed by atoms with E-state index >= 15 is 0 Å². The van der Waals surface area contributed by atoms with Crippen LogP contribution >= 0.6 is 0 Å². The van der Waals surface area contributed by atoms with Gasteiger partial charge in [-0.1, -0.05) is 48.5 Å². The highest BCUT2D eigenvalue weighted by molar-refractivity contribution is 5.86. The van der Waals surface area contributed by atoms with Gasteiger partial charge in [0, 0.05) is 7.11 Å². The zero-order valence-corrected chi connectivity index (χ0v) is 13.6. The smallest absolute Gasteiger partial charge is 0.276 e. The molecule has 24 heavy (non-hydrogen) atoms. The molecule has 0 radical (unpaired) electrons. The first-order valence-electron chi connectivity index (χ1n) is 7.46. The zero-order valence-electron chi connectivity index (χ0n) is 13.6. The topological polar surface area (TPSA) is 76.7 Å². The molecular formula is C18H20N2O4. The molecule has 2 aromatic carbocycles. The number of hydrogen-bond acceptors (Lipinski definition) is 4. The van der Waals surface area contributed by atoms with E-state index in [4.69, 9.17) is 9.47 Å². The number of rotatable bonds is 6. The predicted octanol–water partition coefficient (Wildman–Crippen LogP) is 1.91. The molecule has 2 N–H and O–H groups in total. The van der Waals surface area contributed by atoms with Crippen molar-refractivity contribution in [2.24, 2.45) is 0 Å². The number of aryl methyl sites for hydroxylation is 1. The molecule has 0 aliphatic carbocycles. The standard InChI is InChI=1S/C18H20N2O4/c1-13-8-6-7-11-15(13)24-12-16(21)19-20-18(22)17(23-2)14-9-4-3-5-10-14/h3-11,17H,12H2,1-2H3,(H,19,21)(H,20,22)/t17-/m1/s1. The first-order valence-corrected chi connectivity index (χ1v) is 7.46. The molecule has 1 atom stereocenters. The molecule has 0 heterocycles. The van der Waals surface area contributed by atoms with Gasteiger partial charge in [-0.15, -0.1) is 0 Å². The lowest BCUT2D eigenvalue weighted by Crippen LogP contribution is -2.46. The molecule has 2 amide bonds. The molecule has 0 spiro atoms. The Morgan fingerprint density at radius 3 is 2.33 bits per heavy atom. The molecule has 2 rings (SSSR count). The summed E-state index contributed by atoms with van der Waals surface area (Å²) in [5, 5.41) is 0. The molecule has 0 aromatic heterocycles. The first kappa shape index (κ1) is 17.5. The van der Waals surface area contributed by atoms with Gasteiger partial charge in [0.15, 0.2) is 12.7 Å². The summed E-state index contributed by atoms with van der Waals surface area (Å²) in [5.74, 6) is -0.305. The van der Waals surface area contributed by atoms with Crippen molar-refractivity contribution in [3.05, 3.63) is 65.7 Å². The summed E-state index contributed by atoms with van der Waals surface area (Å²) in [4.78, 5) is 23.9. The molecule has 0 aliphatic heterocycles. The number of methoxy groups -OCH3 is 1. The van der Waals surface area contributed by atoms with Crippen LogP contribution in [0.1, 0.15) is 17.2 Å². The van der Waals surface area contributed by atoms with E-state index in [1.165, 1.54) is 7.11 Å². The number of carbonyl (C=O) groups is 2. The van der Waals surface area contributed by atoms with Crippen LogP contribution in [0.5, 0.6) is 5.75 Å². The third kappa shape index (κ3) is 4.82. The van der Waals surface area contributed by atoms with E-state index in [1.54, 1.807) is 18.2 Å². The van der Waals surface area contributed by atoms with E-state index < -0.39 is 17.9 Å². The number of ether oxygens (including phenoxy) is 2. The minimum atomic E-state index is -0.802. The number of carbonyl (C=O) groups excluding carboxylic acids is 2. The number of para-hydroxylation sites is 1. The van der Waals surface area contributed by atoms with Crippen molar-refractivity contribution in [3.8, 4) is 5.75 Å². The Morgan fingerprint density at radius 1 is 1.00 bits per heavy atom. The van der Waals surface area contributed by atoms with Crippen molar-refractivity contribution in [2.75, 3.05) is 13.7 Å². The van der Waals surface area contributed by atoms with Gasteiger partial charge in [-0.3, -0.25) is 20.4 Å². The van der Waals surface area contributed by atoms with Crippen molar-refractivity contribution in [3.63, 3.8) is 0 Å². The van der Waals surface area contributed by atoms with Crippen molar-refractivity contribution in [1.29, 1.82) is 0 Å². The monoisotopic (exact) mass is 328 g/mol. The van der Waals surface area contributed by atoms with E-state index in [1.807, 2.05) is 43.3 Å². The summed E-state index contributed by atoms with van der Waals surface area (Å²) in [7, 11) is 1.43. The molecule has 2 aromatic rings. The van der Waals surface area contributed by atoms with E-state index in [0.717, 1.165) is 5.56 Å².